The minimum absolute atomic E-state index is 0.109. The molecule has 2 heterocycles. The molecule has 0 bridgehead atoms. The zero-order valence-electron chi connectivity index (χ0n) is 17.5. The molecule has 0 saturated carbocycles. The fraction of sp³-hybridized carbons (Fsp3) is 0.440. The molecule has 1 N–H and O–H groups in total. The molecule has 1 aliphatic heterocycles. The Morgan fingerprint density at radius 1 is 1.10 bits per heavy atom. The lowest BCUT2D eigenvalue weighted by molar-refractivity contribution is 0.0892. The van der Waals surface area contributed by atoms with E-state index in [1.807, 2.05) is 42.5 Å². The number of nitrogens with zero attached hydrogens (tertiary/aromatic N) is 2. The lowest BCUT2D eigenvalue weighted by Gasteiger charge is -2.34. The maximum atomic E-state index is 12.5. The van der Waals surface area contributed by atoms with Gasteiger partial charge < -0.3 is 15.0 Å². The number of allylic oxidation sites excluding steroid dienone is 2. The maximum Gasteiger partial charge on any atom is 0.251 e. The van der Waals surface area contributed by atoms with E-state index in [0.717, 1.165) is 43.3 Å². The van der Waals surface area contributed by atoms with Gasteiger partial charge in [-0.15, -0.1) is 0 Å². The number of carbonyl (C=O) groups excluding carboxylic acids is 1. The van der Waals surface area contributed by atoms with Crippen molar-refractivity contribution in [3.8, 4) is 5.75 Å². The molecular weight excluding hydrogens is 374 g/mol. The van der Waals surface area contributed by atoms with Crippen LogP contribution in [-0.2, 0) is 6.54 Å². The van der Waals surface area contributed by atoms with Gasteiger partial charge in [-0.25, -0.2) is 0 Å². The molecule has 1 aliphatic carbocycles. The van der Waals surface area contributed by atoms with Crippen LogP contribution in [0.2, 0.25) is 0 Å². The van der Waals surface area contributed by atoms with E-state index in [9.17, 15) is 4.79 Å². The van der Waals surface area contributed by atoms with Gasteiger partial charge in [-0.2, -0.15) is 0 Å². The fourth-order valence-corrected chi connectivity index (χ4v) is 4.28. The normalized spacial score (nSPS) is 20.1. The Labute approximate surface area is 179 Å². The molecule has 0 unspecified atom stereocenters. The third-order valence-electron chi connectivity index (χ3n) is 5.98. The van der Waals surface area contributed by atoms with Crippen LogP contribution in [0.1, 0.15) is 48.2 Å². The van der Waals surface area contributed by atoms with Crippen LogP contribution in [0.4, 0.5) is 0 Å². The van der Waals surface area contributed by atoms with Gasteiger partial charge in [-0.05, 0) is 68.4 Å². The molecule has 158 valence electrons. The highest BCUT2D eigenvalue weighted by Crippen LogP contribution is 2.24. The lowest BCUT2D eigenvalue weighted by atomic mass is 9.93. The van der Waals surface area contributed by atoms with Crippen LogP contribution in [0.3, 0.4) is 0 Å². The third kappa shape index (κ3) is 5.92. The summed E-state index contributed by atoms with van der Waals surface area (Å²) in [6.07, 6.45) is 12.5. The topological polar surface area (TPSA) is 54.5 Å². The van der Waals surface area contributed by atoms with Crippen molar-refractivity contribution < 1.29 is 9.53 Å². The summed E-state index contributed by atoms with van der Waals surface area (Å²) in [5.74, 6) is 1.48. The molecule has 0 spiro atoms. The smallest absolute Gasteiger partial charge is 0.251 e. The highest BCUT2D eigenvalue weighted by atomic mass is 16.5. The number of pyridine rings is 1. The summed E-state index contributed by atoms with van der Waals surface area (Å²) in [6, 6.07) is 13.2. The summed E-state index contributed by atoms with van der Waals surface area (Å²) in [5, 5.41) is 2.92. The minimum Gasteiger partial charge on any atom is -0.490 e. The van der Waals surface area contributed by atoms with E-state index in [1.54, 1.807) is 6.20 Å². The number of nitrogens with one attached hydrogen (secondary N) is 1. The van der Waals surface area contributed by atoms with Crippen LogP contribution < -0.4 is 10.1 Å². The zero-order chi connectivity index (χ0) is 20.6. The minimum atomic E-state index is -0.109. The van der Waals surface area contributed by atoms with E-state index in [4.69, 9.17) is 4.74 Å². The molecule has 5 heteroatoms. The van der Waals surface area contributed by atoms with E-state index >= 15 is 0 Å². The van der Waals surface area contributed by atoms with Gasteiger partial charge in [0.25, 0.3) is 5.91 Å². The van der Waals surface area contributed by atoms with Crippen molar-refractivity contribution in [2.75, 3.05) is 19.6 Å². The van der Waals surface area contributed by atoms with Crippen molar-refractivity contribution in [2.45, 2.75) is 44.8 Å². The van der Waals surface area contributed by atoms with Crippen molar-refractivity contribution in [1.82, 2.24) is 15.2 Å². The van der Waals surface area contributed by atoms with Crippen molar-refractivity contribution in [3.63, 3.8) is 0 Å². The Hall–Kier alpha value is -2.66. The molecule has 2 aliphatic rings. The van der Waals surface area contributed by atoms with Crippen LogP contribution in [0.5, 0.6) is 5.75 Å². The number of piperidine rings is 1. The first-order chi connectivity index (χ1) is 14.8. The summed E-state index contributed by atoms with van der Waals surface area (Å²) >= 11 is 0. The number of rotatable bonds is 7. The number of amides is 1. The van der Waals surface area contributed by atoms with Crippen LogP contribution >= 0.6 is 0 Å². The van der Waals surface area contributed by atoms with E-state index < -0.39 is 0 Å². The summed E-state index contributed by atoms with van der Waals surface area (Å²) in [5.41, 5.74) is 1.46. The highest BCUT2D eigenvalue weighted by Gasteiger charge is 2.23. The number of hydrogen-bond donors (Lipinski definition) is 1. The van der Waals surface area contributed by atoms with Gasteiger partial charge in [0.05, 0.1) is 12.2 Å². The average Bonchev–Trinajstić information content (AvgIpc) is 2.80. The van der Waals surface area contributed by atoms with Gasteiger partial charge >= 0.3 is 0 Å². The van der Waals surface area contributed by atoms with E-state index in [0.29, 0.717) is 12.1 Å². The van der Waals surface area contributed by atoms with Gasteiger partial charge in [0.2, 0.25) is 0 Å². The summed E-state index contributed by atoms with van der Waals surface area (Å²) in [7, 11) is 0. The van der Waals surface area contributed by atoms with Gasteiger partial charge in [0, 0.05) is 31.4 Å². The Kier molecular flexibility index (Phi) is 7.14. The Morgan fingerprint density at radius 3 is 2.77 bits per heavy atom. The highest BCUT2D eigenvalue weighted by molar-refractivity contribution is 5.94. The number of benzene rings is 1. The van der Waals surface area contributed by atoms with Crippen molar-refractivity contribution >= 4 is 5.91 Å². The van der Waals surface area contributed by atoms with Crippen LogP contribution in [0, 0.1) is 5.92 Å². The van der Waals surface area contributed by atoms with Gasteiger partial charge in [0.1, 0.15) is 11.9 Å². The molecule has 4 rings (SSSR count). The largest absolute Gasteiger partial charge is 0.490 e. The molecule has 1 amide bonds. The molecule has 1 fully saturated rings. The summed E-state index contributed by atoms with van der Waals surface area (Å²) < 4.78 is 6.22. The number of carbonyl (C=O) groups is 1. The Bertz CT molecular complexity index is 844. The number of aromatic nitrogens is 1. The summed E-state index contributed by atoms with van der Waals surface area (Å²) in [6.45, 7) is 3.81. The predicted molar refractivity (Wildman–Crippen MR) is 118 cm³/mol. The SMILES string of the molecule is O=C(NCc1ccccn1)c1cccc(OC2CCN(C[C@@H]3CC=CCC3)CC2)c1. The molecule has 1 aromatic heterocycles. The second kappa shape index (κ2) is 10.4. The Morgan fingerprint density at radius 2 is 2.00 bits per heavy atom. The van der Waals surface area contributed by atoms with Crippen molar-refractivity contribution in [3.05, 3.63) is 72.1 Å². The first kappa shape index (κ1) is 20.6. The Balaban J connectivity index is 1.24. The number of likely N-dealkylation sites (tertiary alicyclic amines) is 1. The third-order valence-corrected chi connectivity index (χ3v) is 5.98. The van der Waals surface area contributed by atoms with E-state index in [-0.39, 0.29) is 12.0 Å². The second-order valence-corrected chi connectivity index (χ2v) is 8.30. The molecule has 2 aromatic rings. The molecule has 1 saturated heterocycles. The molecule has 1 aromatic carbocycles. The molecule has 30 heavy (non-hydrogen) atoms. The maximum absolute atomic E-state index is 12.5. The van der Waals surface area contributed by atoms with Gasteiger partial charge in [0.15, 0.2) is 0 Å². The van der Waals surface area contributed by atoms with Crippen LogP contribution in [-0.4, -0.2) is 41.5 Å². The van der Waals surface area contributed by atoms with Crippen molar-refractivity contribution in [1.29, 1.82) is 0 Å². The molecular formula is C25H31N3O2. The first-order valence-electron chi connectivity index (χ1n) is 11.1. The summed E-state index contributed by atoms with van der Waals surface area (Å²) in [4.78, 5) is 19.3. The predicted octanol–water partition coefficient (Wildman–Crippen LogP) is 4.21. The first-order valence-corrected chi connectivity index (χ1v) is 11.1. The van der Waals surface area contributed by atoms with Gasteiger partial charge in [-0.3, -0.25) is 9.78 Å². The second-order valence-electron chi connectivity index (χ2n) is 8.30. The lowest BCUT2D eigenvalue weighted by Crippen LogP contribution is -2.40. The van der Waals surface area contributed by atoms with Crippen LogP contribution in [0.15, 0.2) is 60.8 Å². The molecule has 5 nitrogen and oxygen atoms in total. The van der Waals surface area contributed by atoms with E-state index in [2.05, 4.69) is 27.4 Å². The fourth-order valence-electron chi connectivity index (χ4n) is 4.28. The molecule has 0 radical (unpaired) electrons. The molecule has 1 atom stereocenters. The van der Waals surface area contributed by atoms with Crippen molar-refractivity contribution in [2.24, 2.45) is 5.92 Å². The number of ether oxygens (including phenoxy) is 1. The standard InChI is InChI=1S/C25H31N3O2/c29-25(27-18-22-10-4-5-14-26-22)21-9-6-11-24(17-21)30-23-12-15-28(16-13-23)19-20-7-2-1-3-8-20/h1-2,4-6,9-11,14,17,20,23H,3,7-8,12-13,15-16,18-19H2,(H,27,29)/t20-/m1/s1. The average molecular weight is 406 g/mol. The van der Waals surface area contributed by atoms with Crippen LogP contribution in [0.25, 0.3) is 0 Å². The quantitative estimate of drug-likeness (QED) is 0.701. The monoisotopic (exact) mass is 405 g/mol. The van der Waals surface area contributed by atoms with E-state index in [1.165, 1.54) is 25.8 Å². The van der Waals surface area contributed by atoms with Gasteiger partial charge in [-0.1, -0.05) is 24.3 Å². The number of hydrogen-bond acceptors (Lipinski definition) is 4. The zero-order valence-corrected chi connectivity index (χ0v) is 17.5.